The molecule has 0 aliphatic carbocycles. The number of hydrogen-bond acceptors (Lipinski definition) is 2. The Kier molecular flexibility index (Phi) is 11.9. The van der Waals surface area contributed by atoms with Gasteiger partial charge in [-0.1, -0.05) is 51.7 Å². The van der Waals surface area contributed by atoms with Crippen LogP contribution in [0.3, 0.4) is 0 Å². The van der Waals surface area contributed by atoms with Gasteiger partial charge >= 0.3 is 29.6 Å². The van der Waals surface area contributed by atoms with Crippen LogP contribution in [0.15, 0.2) is 12.1 Å². The maximum atomic E-state index is 14.3. The summed E-state index contributed by atoms with van der Waals surface area (Å²) in [6.07, 6.45) is 7.65. The molecular weight excluding hydrogens is 290 g/mol. The zero-order valence-electron chi connectivity index (χ0n) is 14.2. The third-order valence-electron chi connectivity index (χ3n) is 3.74. The minimum atomic E-state index is -1.22. The first kappa shape index (κ1) is 21.6. The quantitative estimate of drug-likeness (QED) is 0.468. The van der Waals surface area contributed by atoms with E-state index in [2.05, 4.69) is 13.8 Å². The van der Waals surface area contributed by atoms with Gasteiger partial charge in [-0.2, -0.15) is 0 Å². The summed E-state index contributed by atoms with van der Waals surface area (Å²) in [7, 11) is 0. The zero-order valence-corrected chi connectivity index (χ0v) is 16.2. The van der Waals surface area contributed by atoms with Gasteiger partial charge in [0.05, 0.1) is 0 Å². The molecule has 2 nitrogen and oxygen atoms in total. The second-order valence-electron chi connectivity index (χ2n) is 5.69. The summed E-state index contributed by atoms with van der Waals surface area (Å²) >= 11 is 0. The summed E-state index contributed by atoms with van der Waals surface area (Å²) in [6, 6.07) is 3.61. The smallest absolute Gasteiger partial charge is 0.550 e. The van der Waals surface area contributed by atoms with Gasteiger partial charge in [0.1, 0.15) is 5.82 Å². The molecule has 0 bridgehead atoms. The van der Waals surface area contributed by atoms with Crippen molar-refractivity contribution >= 4 is 5.97 Å². The van der Waals surface area contributed by atoms with E-state index in [1.165, 1.54) is 0 Å². The number of carboxylic acid groups (broad SMARTS) is 1. The number of hydrogen-bond donors (Lipinski definition) is 0. The molecule has 118 valence electrons. The van der Waals surface area contributed by atoms with E-state index in [0.717, 1.165) is 50.5 Å². The van der Waals surface area contributed by atoms with Crippen molar-refractivity contribution in [3.8, 4) is 0 Å². The van der Waals surface area contributed by atoms with E-state index in [4.69, 9.17) is 0 Å². The Morgan fingerprint density at radius 3 is 2.09 bits per heavy atom. The molecule has 0 saturated carbocycles. The molecule has 0 fully saturated rings. The number of aryl methyl sites for hydroxylation is 2. The fourth-order valence-corrected chi connectivity index (χ4v) is 2.58. The average molecular weight is 316 g/mol. The summed E-state index contributed by atoms with van der Waals surface area (Å²) in [6.45, 7) is 4.25. The van der Waals surface area contributed by atoms with Crippen LogP contribution in [0, 0.1) is 5.82 Å². The second kappa shape index (κ2) is 12.1. The third-order valence-corrected chi connectivity index (χ3v) is 3.74. The van der Waals surface area contributed by atoms with Gasteiger partial charge in [0.15, 0.2) is 0 Å². The summed E-state index contributed by atoms with van der Waals surface area (Å²) in [5.41, 5.74) is 1.98. The number of halogens is 1. The molecule has 0 aliphatic heterocycles. The standard InChI is InChI=1S/C18H27FO2.Na/c1-3-5-7-9-14-11-15(10-8-6-4-2)18(19)16(12-14)13-17(20)21;/h11-12H,3-10,13H2,1-2H3,(H,20,21);/q;+1/p-1. The number of rotatable bonds is 10. The summed E-state index contributed by atoms with van der Waals surface area (Å²) < 4.78 is 14.3. The molecule has 1 rings (SSSR count). The van der Waals surface area contributed by atoms with Crippen molar-refractivity contribution in [2.24, 2.45) is 0 Å². The summed E-state index contributed by atoms with van der Waals surface area (Å²) in [5.74, 6) is -1.58. The summed E-state index contributed by atoms with van der Waals surface area (Å²) in [4.78, 5) is 10.8. The Morgan fingerprint density at radius 2 is 1.55 bits per heavy atom. The van der Waals surface area contributed by atoms with Crippen molar-refractivity contribution in [1.29, 1.82) is 0 Å². The predicted molar refractivity (Wildman–Crippen MR) is 81.6 cm³/mol. The normalized spacial score (nSPS) is 10.3. The minimum absolute atomic E-state index is 0. The molecule has 0 N–H and O–H groups in total. The van der Waals surface area contributed by atoms with Crippen molar-refractivity contribution in [1.82, 2.24) is 0 Å². The number of aliphatic carboxylic acids is 1. The van der Waals surface area contributed by atoms with Crippen LogP contribution in [0.4, 0.5) is 4.39 Å². The van der Waals surface area contributed by atoms with Crippen molar-refractivity contribution < 1.29 is 43.8 Å². The fourth-order valence-electron chi connectivity index (χ4n) is 2.58. The molecule has 0 aliphatic rings. The monoisotopic (exact) mass is 316 g/mol. The molecule has 0 aromatic heterocycles. The van der Waals surface area contributed by atoms with Gasteiger partial charge in [-0.05, 0) is 42.4 Å². The first-order valence-corrected chi connectivity index (χ1v) is 8.08. The van der Waals surface area contributed by atoms with Gasteiger partial charge < -0.3 is 9.90 Å². The minimum Gasteiger partial charge on any atom is -0.550 e. The van der Waals surface area contributed by atoms with Crippen molar-refractivity contribution in [3.63, 3.8) is 0 Å². The molecule has 0 radical (unpaired) electrons. The van der Waals surface area contributed by atoms with Crippen LogP contribution in [0.2, 0.25) is 0 Å². The molecular formula is C18H26FNaO2. The topological polar surface area (TPSA) is 40.1 Å². The fraction of sp³-hybridized carbons (Fsp3) is 0.611. The number of unbranched alkanes of at least 4 members (excludes halogenated alkanes) is 4. The first-order chi connectivity index (χ1) is 10.1. The van der Waals surface area contributed by atoms with Crippen LogP contribution in [-0.4, -0.2) is 5.97 Å². The van der Waals surface area contributed by atoms with Crippen LogP contribution < -0.4 is 34.7 Å². The van der Waals surface area contributed by atoms with Gasteiger partial charge in [0.2, 0.25) is 0 Å². The van der Waals surface area contributed by atoms with Crippen molar-refractivity contribution in [2.45, 2.75) is 71.6 Å². The van der Waals surface area contributed by atoms with Crippen molar-refractivity contribution in [2.75, 3.05) is 0 Å². The second-order valence-corrected chi connectivity index (χ2v) is 5.69. The maximum absolute atomic E-state index is 14.3. The van der Waals surface area contributed by atoms with E-state index in [9.17, 15) is 14.3 Å². The molecule has 4 heteroatoms. The molecule has 0 amide bonds. The Labute approximate surface area is 155 Å². The maximum Gasteiger partial charge on any atom is 1.00 e. The average Bonchev–Trinajstić information content (AvgIpc) is 2.43. The van der Waals surface area contributed by atoms with Gasteiger partial charge in [-0.15, -0.1) is 0 Å². The molecule has 1 aromatic rings. The van der Waals surface area contributed by atoms with Gasteiger partial charge in [0.25, 0.3) is 0 Å². The molecule has 0 saturated heterocycles. The van der Waals surface area contributed by atoms with Gasteiger partial charge in [-0.25, -0.2) is 4.39 Å². The Morgan fingerprint density at radius 1 is 1.00 bits per heavy atom. The van der Waals surface area contributed by atoms with E-state index in [0.29, 0.717) is 12.0 Å². The number of benzene rings is 1. The van der Waals surface area contributed by atoms with E-state index < -0.39 is 5.97 Å². The molecule has 0 heterocycles. The van der Waals surface area contributed by atoms with Crippen LogP contribution in [0.1, 0.15) is 69.1 Å². The van der Waals surface area contributed by atoms with E-state index >= 15 is 0 Å². The van der Waals surface area contributed by atoms with E-state index in [1.807, 2.05) is 6.07 Å². The molecule has 0 atom stereocenters. The molecule has 0 spiro atoms. The van der Waals surface area contributed by atoms with Crippen LogP contribution in [0.5, 0.6) is 0 Å². The number of carbonyl (C=O) groups excluding carboxylic acids is 1. The Hall–Kier alpha value is -0.380. The van der Waals surface area contributed by atoms with Crippen LogP contribution in [-0.2, 0) is 24.1 Å². The third kappa shape index (κ3) is 7.75. The van der Waals surface area contributed by atoms with Crippen molar-refractivity contribution in [3.05, 3.63) is 34.6 Å². The first-order valence-electron chi connectivity index (χ1n) is 8.08. The molecule has 22 heavy (non-hydrogen) atoms. The van der Waals surface area contributed by atoms with Crippen LogP contribution >= 0.6 is 0 Å². The van der Waals surface area contributed by atoms with E-state index in [1.54, 1.807) is 6.07 Å². The SMILES string of the molecule is CCCCCc1cc(CCCCC)c(F)c(CC(=O)[O-])c1.[Na+]. The largest absolute Gasteiger partial charge is 1.00 e. The summed E-state index contributed by atoms with van der Waals surface area (Å²) in [5, 5.41) is 10.8. The number of carbonyl (C=O) groups is 1. The van der Waals surface area contributed by atoms with Gasteiger partial charge in [-0.3, -0.25) is 0 Å². The van der Waals surface area contributed by atoms with Crippen LogP contribution in [0.25, 0.3) is 0 Å². The molecule has 1 aromatic carbocycles. The zero-order chi connectivity index (χ0) is 15.7. The number of carboxylic acids is 1. The molecule has 0 unspecified atom stereocenters. The van der Waals surface area contributed by atoms with E-state index in [-0.39, 0.29) is 47.4 Å². The Bertz CT molecular complexity index is 461. The Balaban J connectivity index is 0.00000441. The predicted octanol–water partition coefficient (Wildman–Crippen LogP) is 0.587. The van der Waals surface area contributed by atoms with Gasteiger partial charge in [0, 0.05) is 12.4 Å².